The van der Waals surface area contributed by atoms with Crippen molar-refractivity contribution >= 4 is 0 Å². The van der Waals surface area contributed by atoms with Crippen molar-refractivity contribution < 1.29 is 28.8 Å². The van der Waals surface area contributed by atoms with Crippen LogP contribution in [0.4, 0.5) is 0 Å². The number of benzene rings is 1. The molecule has 28 heavy (non-hydrogen) atoms. The number of β-amino-alcohol motifs (C(OH)–C–C–N with tert-alkyl or cyclic N) is 1. The van der Waals surface area contributed by atoms with E-state index >= 15 is 0 Å². The van der Waals surface area contributed by atoms with Gasteiger partial charge in [-0.15, -0.1) is 0 Å². The van der Waals surface area contributed by atoms with E-state index in [4.69, 9.17) is 23.7 Å². The topological polar surface area (TPSA) is 72.9 Å². The summed E-state index contributed by atoms with van der Waals surface area (Å²) in [6, 6.07) is 5.54. The number of aliphatic hydroxyl groups is 1. The number of ether oxygens (including phenoxy) is 5. The highest BCUT2D eigenvalue weighted by Gasteiger charge is 2.25. The van der Waals surface area contributed by atoms with Gasteiger partial charge in [0.2, 0.25) is 5.75 Å². The van der Waals surface area contributed by atoms with Gasteiger partial charge in [-0.3, -0.25) is 9.80 Å². The quantitative estimate of drug-likeness (QED) is 0.646. The third kappa shape index (κ3) is 5.96. The van der Waals surface area contributed by atoms with Gasteiger partial charge in [0, 0.05) is 39.3 Å². The number of methoxy groups -OCH3 is 2. The van der Waals surface area contributed by atoms with Crippen LogP contribution in [-0.2, 0) is 9.47 Å². The third-order valence-corrected chi connectivity index (χ3v) is 5.06. The molecule has 2 saturated heterocycles. The van der Waals surface area contributed by atoms with E-state index in [0.29, 0.717) is 43.6 Å². The van der Waals surface area contributed by atoms with E-state index in [0.717, 1.165) is 39.4 Å². The van der Waals surface area contributed by atoms with E-state index in [1.165, 1.54) is 0 Å². The van der Waals surface area contributed by atoms with Gasteiger partial charge >= 0.3 is 0 Å². The molecule has 2 heterocycles. The van der Waals surface area contributed by atoms with Crippen molar-refractivity contribution in [1.29, 1.82) is 0 Å². The Morgan fingerprint density at radius 3 is 2.36 bits per heavy atom. The van der Waals surface area contributed by atoms with Crippen LogP contribution in [0, 0.1) is 0 Å². The normalized spacial score (nSPS) is 22.6. The molecular weight excluding hydrogens is 364 g/mol. The molecule has 1 aromatic rings. The second-order valence-electron chi connectivity index (χ2n) is 7.12. The molecule has 0 amide bonds. The zero-order valence-electron chi connectivity index (χ0n) is 16.8. The van der Waals surface area contributed by atoms with Gasteiger partial charge in [0.05, 0.1) is 40.1 Å². The number of hydrogen-bond donors (Lipinski definition) is 1. The van der Waals surface area contributed by atoms with Crippen molar-refractivity contribution in [3.63, 3.8) is 0 Å². The molecule has 0 unspecified atom stereocenters. The number of rotatable bonds is 9. The van der Waals surface area contributed by atoms with Crippen molar-refractivity contribution in [1.82, 2.24) is 9.80 Å². The highest BCUT2D eigenvalue weighted by Crippen LogP contribution is 2.36. The Bertz CT molecular complexity index is 574. The highest BCUT2D eigenvalue weighted by molar-refractivity contribution is 5.51. The lowest BCUT2D eigenvalue weighted by Gasteiger charge is -2.35. The van der Waals surface area contributed by atoms with Gasteiger partial charge in [-0.1, -0.05) is 6.07 Å². The molecule has 1 N–H and O–H groups in total. The molecule has 0 saturated carbocycles. The van der Waals surface area contributed by atoms with Crippen LogP contribution in [0.2, 0.25) is 0 Å². The summed E-state index contributed by atoms with van der Waals surface area (Å²) >= 11 is 0. The zero-order valence-corrected chi connectivity index (χ0v) is 16.8. The zero-order chi connectivity index (χ0) is 19.8. The van der Waals surface area contributed by atoms with E-state index in [9.17, 15) is 5.11 Å². The smallest absolute Gasteiger partial charge is 0.203 e. The summed E-state index contributed by atoms with van der Waals surface area (Å²) in [6.07, 6.45) is -0.453. The fourth-order valence-electron chi connectivity index (χ4n) is 3.62. The Hall–Kier alpha value is -1.58. The van der Waals surface area contributed by atoms with Crippen LogP contribution in [-0.4, -0.2) is 107 Å². The van der Waals surface area contributed by atoms with Crippen LogP contribution < -0.4 is 14.2 Å². The minimum atomic E-state index is -0.382. The lowest BCUT2D eigenvalue weighted by atomic mass is 10.2. The molecule has 0 spiro atoms. The summed E-state index contributed by atoms with van der Waals surface area (Å²) in [5, 5.41) is 10.5. The number of para-hydroxylation sites is 1. The molecule has 2 aliphatic heterocycles. The summed E-state index contributed by atoms with van der Waals surface area (Å²) in [5.74, 6) is 1.85. The maximum Gasteiger partial charge on any atom is 0.203 e. The lowest BCUT2D eigenvalue weighted by Crippen LogP contribution is -2.50. The number of nitrogens with zero attached hydrogens (tertiary/aromatic N) is 2. The average Bonchev–Trinajstić information content (AvgIpc) is 2.72. The Morgan fingerprint density at radius 2 is 1.68 bits per heavy atom. The molecule has 2 atom stereocenters. The SMILES string of the molecule is COc1cccc(OC)c1OC[C@H]1CN(C[C@@H](O)CN2CCOCC2)CCO1. The van der Waals surface area contributed by atoms with Gasteiger partial charge in [-0.05, 0) is 12.1 Å². The summed E-state index contributed by atoms with van der Waals surface area (Å²) in [4.78, 5) is 4.49. The fourth-order valence-corrected chi connectivity index (χ4v) is 3.62. The predicted octanol–water partition coefficient (Wildman–Crippen LogP) is 0.477. The van der Waals surface area contributed by atoms with Gasteiger partial charge in [-0.2, -0.15) is 0 Å². The average molecular weight is 396 g/mol. The fraction of sp³-hybridized carbons (Fsp3) is 0.700. The Morgan fingerprint density at radius 1 is 1.04 bits per heavy atom. The van der Waals surface area contributed by atoms with Crippen molar-refractivity contribution in [3.05, 3.63) is 18.2 Å². The first-order chi connectivity index (χ1) is 13.7. The summed E-state index contributed by atoms with van der Waals surface area (Å²) < 4.78 is 27.9. The van der Waals surface area contributed by atoms with Crippen molar-refractivity contribution in [2.45, 2.75) is 12.2 Å². The van der Waals surface area contributed by atoms with Gasteiger partial charge in [-0.25, -0.2) is 0 Å². The van der Waals surface area contributed by atoms with Crippen molar-refractivity contribution in [2.75, 3.05) is 79.9 Å². The van der Waals surface area contributed by atoms with Crippen LogP contribution in [0.15, 0.2) is 18.2 Å². The second kappa shape index (κ2) is 10.8. The minimum absolute atomic E-state index is 0.0704. The third-order valence-electron chi connectivity index (χ3n) is 5.06. The first-order valence-electron chi connectivity index (χ1n) is 9.85. The maximum atomic E-state index is 10.5. The van der Waals surface area contributed by atoms with E-state index < -0.39 is 0 Å². The molecular formula is C20H32N2O6. The Kier molecular flexibility index (Phi) is 8.17. The standard InChI is InChI=1S/C20H32N2O6/c1-24-18-4-3-5-19(25-2)20(18)28-15-17-14-22(8-11-27-17)13-16(23)12-21-6-9-26-10-7-21/h3-5,16-17,23H,6-15H2,1-2H3/t16-,17+/m0/s1. The minimum Gasteiger partial charge on any atom is -0.493 e. The molecule has 3 rings (SSSR count). The van der Waals surface area contributed by atoms with Crippen LogP contribution in [0.25, 0.3) is 0 Å². The van der Waals surface area contributed by atoms with Gasteiger partial charge in [0.15, 0.2) is 11.5 Å². The van der Waals surface area contributed by atoms with E-state index in [2.05, 4.69) is 9.80 Å². The van der Waals surface area contributed by atoms with E-state index in [1.54, 1.807) is 14.2 Å². The Balaban J connectivity index is 1.47. The van der Waals surface area contributed by atoms with Crippen LogP contribution in [0.1, 0.15) is 0 Å². The predicted molar refractivity (Wildman–Crippen MR) is 104 cm³/mol. The summed E-state index contributed by atoms with van der Waals surface area (Å²) in [6.45, 7) is 7.14. The number of aliphatic hydroxyl groups excluding tert-OH is 1. The van der Waals surface area contributed by atoms with E-state index in [-0.39, 0.29) is 12.2 Å². The molecule has 2 aliphatic rings. The maximum absolute atomic E-state index is 10.5. The van der Waals surface area contributed by atoms with Crippen LogP contribution in [0.5, 0.6) is 17.2 Å². The second-order valence-corrected chi connectivity index (χ2v) is 7.12. The van der Waals surface area contributed by atoms with Gasteiger partial charge < -0.3 is 28.8 Å². The molecule has 8 nitrogen and oxygen atoms in total. The highest BCUT2D eigenvalue weighted by atomic mass is 16.6. The molecule has 1 aromatic carbocycles. The molecule has 158 valence electrons. The molecule has 0 aromatic heterocycles. The largest absolute Gasteiger partial charge is 0.493 e. The van der Waals surface area contributed by atoms with Crippen LogP contribution in [0.3, 0.4) is 0 Å². The summed E-state index contributed by atoms with van der Waals surface area (Å²) in [5.41, 5.74) is 0. The van der Waals surface area contributed by atoms with Gasteiger partial charge in [0.25, 0.3) is 0 Å². The van der Waals surface area contributed by atoms with Crippen molar-refractivity contribution in [2.24, 2.45) is 0 Å². The molecule has 8 heteroatoms. The first-order valence-corrected chi connectivity index (χ1v) is 9.85. The van der Waals surface area contributed by atoms with Crippen LogP contribution >= 0.6 is 0 Å². The molecule has 0 radical (unpaired) electrons. The Labute approximate surface area is 166 Å². The molecule has 0 bridgehead atoms. The van der Waals surface area contributed by atoms with Gasteiger partial charge in [0.1, 0.15) is 12.7 Å². The van der Waals surface area contributed by atoms with E-state index in [1.807, 2.05) is 18.2 Å². The number of hydrogen-bond acceptors (Lipinski definition) is 8. The molecule has 0 aliphatic carbocycles. The lowest BCUT2D eigenvalue weighted by molar-refractivity contribution is -0.0619. The monoisotopic (exact) mass is 396 g/mol. The molecule has 2 fully saturated rings. The summed E-state index contributed by atoms with van der Waals surface area (Å²) in [7, 11) is 3.21. The first kappa shape index (κ1) is 21.1. The number of morpholine rings is 2. The van der Waals surface area contributed by atoms with Crippen molar-refractivity contribution in [3.8, 4) is 17.2 Å².